The Kier molecular flexibility index (Phi) is 4.26. The van der Waals surface area contributed by atoms with Crippen LogP contribution in [0.3, 0.4) is 0 Å². The average Bonchev–Trinajstić information content (AvgIpc) is 2.59. The fraction of sp³-hybridized carbons (Fsp3) is 0.600. The van der Waals surface area contributed by atoms with Crippen molar-refractivity contribution >= 4 is 5.69 Å². The number of nitrogens with one attached hydrogen (secondary N) is 1. The van der Waals surface area contributed by atoms with E-state index in [4.69, 9.17) is 0 Å². The molecule has 0 aliphatic heterocycles. The molecule has 0 aromatic heterocycles. The van der Waals surface area contributed by atoms with Gasteiger partial charge < -0.3 is 5.32 Å². The minimum absolute atomic E-state index is 0.818. The SMILES string of the molecule is CCNc1ccc(C2CCCCCC2)cc1. The van der Waals surface area contributed by atoms with Crippen molar-refractivity contribution in [3.8, 4) is 0 Å². The predicted octanol–water partition coefficient (Wildman–Crippen LogP) is 4.56. The van der Waals surface area contributed by atoms with Gasteiger partial charge in [0, 0.05) is 12.2 Å². The molecule has 2 rings (SSSR count). The van der Waals surface area contributed by atoms with E-state index in [1.165, 1.54) is 44.2 Å². The molecule has 1 nitrogen and oxygen atoms in total. The summed E-state index contributed by atoms with van der Waals surface area (Å²) in [4.78, 5) is 0. The van der Waals surface area contributed by atoms with Gasteiger partial charge in [-0.15, -0.1) is 0 Å². The van der Waals surface area contributed by atoms with Crippen LogP contribution in [0.15, 0.2) is 24.3 Å². The first-order valence-corrected chi connectivity index (χ1v) is 6.74. The van der Waals surface area contributed by atoms with Crippen LogP contribution < -0.4 is 5.32 Å². The molecule has 0 heterocycles. The van der Waals surface area contributed by atoms with Crippen LogP contribution >= 0.6 is 0 Å². The summed E-state index contributed by atoms with van der Waals surface area (Å²) < 4.78 is 0. The monoisotopic (exact) mass is 217 g/mol. The molecule has 88 valence electrons. The highest BCUT2D eigenvalue weighted by Crippen LogP contribution is 2.31. The van der Waals surface area contributed by atoms with Crippen molar-refractivity contribution in [3.05, 3.63) is 29.8 Å². The Balaban J connectivity index is 2.01. The Hall–Kier alpha value is -0.980. The van der Waals surface area contributed by atoms with Crippen molar-refractivity contribution in [1.29, 1.82) is 0 Å². The lowest BCUT2D eigenvalue weighted by molar-refractivity contribution is 0.592. The zero-order chi connectivity index (χ0) is 11.2. The maximum atomic E-state index is 3.35. The molecule has 1 aromatic rings. The van der Waals surface area contributed by atoms with Gasteiger partial charge in [0.1, 0.15) is 0 Å². The lowest BCUT2D eigenvalue weighted by Gasteiger charge is -2.15. The van der Waals surface area contributed by atoms with E-state index in [2.05, 4.69) is 36.5 Å². The molecular formula is C15H23N. The highest BCUT2D eigenvalue weighted by Gasteiger charge is 2.13. The van der Waals surface area contributed by atoms with Gasteiger partial charge in [0.05, 0.1) is 0 Å². The Labute approximate surface area is 99.3 Å². The highest BCUT2D eigenvalue weighted by atomic mass is 14.8. The summed E-state index contributed by atoms with van der Waals surface area (Å²) in [5.74, 6) is 0.818. The summed E-state index contributed by atoms with van der Waals surface area (Å²) in [6.45, 7) is 3.14. The van der Waals surface area contributed by atoms with Crippen molar-refractivity contribution in [2.75, 3.05) is 11.9 Å². The normalized spacial score (nSPS) is 18.1. The summed E-state index contributed by atoms with van der Waals surface area (Å²) in [5.41, 5.74) is 2.79. The van der Waals surface area contributed by atoms with Gasteiger partial charge in [-0.2, -0.15) is 0 Å². The van der Waals surface area contributed by atoms with Crippen LogP contribution in [0, 0.1) is 0 Å². The van der Waals surface area contributed by atoms with E-state index in [1.54, 1.807) is 5.56 Å². The standard InChI is InChI=1S/C15H23N/c1-2-16-15-11-9-14(10-12-15)13-7-5-3-4-6-8-13/h9-13,16H,2-8H2,1H3. The first kappa shape index (κ1) is 11.5. The molecule has 1 saturated carbocycles. The van der Waals surface area contributed by atoms with Crippen LogP contribution in [0.4, 0.5) is 5.69 Å². The van der Waals surface area contributed by atoms with Crippen molar-refractivity contribution in [1.82, 2.24) is 0 Å². The molecule has 1 heteroatoms. The molecule has 0 saturated heterocycles. The molecule has 0 unspecified atom stereocenters. The summed E-state index contributed by atoms with van der Waals surface area (Å²) in [5, 5.41) is 3.35. The van der Waals surface area contributed by atoms with Crippen LogP contribution in [0.25, 0.3) is 0 Å². The second-order valence-corrected chi connectivity index (χ2v) is 4.84. The minimum Gasteiger partial charge on any atom is -0.385 e. The van der Waals surface area contributed by atoms with E-state index < -0.39 is 0 Å². The number of hydrogen-bond donors (Lipinski definition) is 1. The van der Waals surface area contributed by atoms with Gasteiger partial charge in [0.2, 0.25) is 0 Å². The van der Waals surface area contributed by atoms with Gasteiger partial charge in [-0.25, -0.2) is 0 Å². The number of anilines is 1. The lowest BCUT2D eigenvalue weighted by atomic mass is 9.92. The van der Waals surface area contributed by atoms with Crippen LogP contribution in [0.1, 0.15) is 56.9 Å². The maximum Gasteiger partial charge on any atom is 0.0340 e. The smallest absolute Gasteiger partial charge is 0.0340 e. The Bertz CT molecular complexity index is 294. The minimum atomic E-state index is 0.818. The van der Waals surface area contributed by atoms with Crippen molar-refractivity contribution in [2.45, 2.75) is 51.4 Å². The molecule has 0 spiro atoms. The molecule has 16 heavy (non-hydrogen) atoms. The Morgan fingerprint density at radius 1 is 1.00 bits per heavy atom. The van der Waals surface area contributed by atoms with Crippen LogP contribution in [-0.2, 0) is 0 Å². The second-order valence-electron chi connectivity index (χ2n) is 4.84. The van der Waals surface area contributed by atoms with Gasteiger partial charge in [-0.1, -0.05) is 37.8 Å². The second kappa shape index (κ2) is 5.93. The summed E-state index contributed by atoms with van der Waals surface area (Å²) in [7, 11) is 0. The number of rotatable bonds is 3. The van der Waals surface area contributed by atoms with Crippen LogP contribution in [0.2, 0.25) is 0 Å². The van der Waals surface area contributed by atoms with Crippen LogP contribution in [0.5, 0.6) is 0 Å². The molecule has 0 amide bonds. The van der Waals surface area contributed by atoms with Crippen molar-refractivity contribution in [2.24, 2.45) is 0 Å². The van der Waals surface area contributed by atoms with E-state index in [1.807, 2.05) is 0 Å². The third kappa shape index (κ3) is 3.01. The van der Waals surface area contributed by atoms with Crippen molar-refractivity contribution < 1.29 is 0 Å². The van der Waals surface area contributed by atoms with E-state index >= 15 is 0 Å². The molecular weight excluding hydrogens is 194 g/mol. The summed E-state index contributed by atoms with van der Waals surface area (Å²) >= 11 is 0. The summed E-state index contributed by atoms with van der Waals surface area (Å²) in [6, 6.07) is 9.08. The third-order valence-corrected chi connectivity index (χ3v) is 3.62. The van der Waals surface area contributed by atoms with E-state index in [0.29, 0.717) is 0 Å². The topological polar surface area (TPSA) is 12.0 Å². The maximum absolute atomic E-state index is 3.35. The van der Waals surface area contributed by atoms with E-state index in [-0.39, 0.29) is 0 Å². The van der Waals surface area contributed by atoms with Gasteiger partial charge in [-0.05, 0) is 43.4 Å². The van der Waals surface area contributed by atoms with Crippen LogP contribution in [-0.4, -0.2) is 6.54 Å². The zero-order valence-corrected chi connectivity index (χ0v) is 10.3. The molecule has 1 fully saturated rings. The Morgan fingerprint density at radius 2 is 1.62 bits per heavy atom. The van der Waals surface area contributed by atoms with Crippen molar-refractivity contribution in [3.63, 3.8) is 0 Å². The molecule has 1 aliphatic rings. The van der Waals surface area contributed by atoms with Gasteiger partial charge >= 0.3 is 0 Å². The third-order valence-electron chi connectivity index (χ3n) is 3.62. The average molecular weight is 217 g/mol. The fourth-order valence-corrected chi connectivity index (χ4v) is 2.69. The molecule has 0 bridgehead atoms. The highest BCUT2D eigenvalue weighted by molar-refractivity contribution is 5.45. The predicted molar refractivity (Wildman–Crippen MR) is 71.0 cm³/mol. The molecule has 0 radical (unpaired) electrons. The van der Waals surface area contributed by atoms with Gasteiger partial charge in [-0.3, -0.25) is 0 Å². The fourth-order valence-electron chi connectivity index (χ4n) is 2.69. The molecule has 1 N–H and O–H groups in total. The first-order valence-electron chi connectivity index (χ1n) is 6.74. The quantitative estimate of drug-likeness (QED) is 0.732. The van der Waals surface area contributed by atoms with Gasteiger partial charge in [0.25, 0.3) is 0 Å². The molecule has 1 aromatic carbocycles. The van der Waals surface area contributed by atoms with Gasteiger partial charge in [0.15, 0.2) is 0 Å². The number of hydrogen-bond acceptors (Lipinski definition) is 1. The number of benzene rings is 1. The van der Waals surface area contributed by atoms with E-state index in [9.17, 15) is 0 Å². The summed E-state index contributed by atoms with van der Waals surface area (Å²) in [6.07, 6.45) is 8.48. The first-order chi connectivity index (χ1) is 7.90. The molecule has 0 atom stereocenters. The van der Waals surface area contributed by atoms with E-state index in [0.717, 1.165) is 12.5 Å². The lowest BCUT2D eigenvalue weighted by Crippen LogP contribution is -1.99. The molecule has 1 aliphatic carbocycles. The largest absolute Gasteiger partial charge is 0.385 e. The zero-order valence-electron chi connectivity index (χ0n) is 10.3. The Morgan fingerprint density at radius 3 is 2.19 bits per heavy atom.